The molecule has 0 saturated carbocycles. The van der Waals surface area contributed by atoms with Gasteiger partial charge >= 0.3 is 0 Å². The Morgan fingerprint density at radius 2 is 1.58 bits per heavy atom. The van der Waals surface area contributed by atoms with E-state index in [0.717, 1.165) is 10.8 Å². The van der Waals surface area contributed by atoms with E-state index in [1.54, 1.807) is 13.0 Å². The number of hydrogen-bond donors (Lipinski definition) is 1. The lowest BCUT2D eigenvalue weighted by Crippen LogP contribution is -2.52. The lowest BCUT2D eigenvalue weighted by atomic mass is 10.1. The van der Waals surface area contributed by atoms with E-state index in [0.29, 0.717) is 5.56 Å². The van der Waals surface area contributed by atoms with E-state index in [1.165, 1.54) is 6.07 Å². The molecule has 0 aliphatic heterocycles. The molecule has 0 bridgehead atoms. The average Bonchev–Trinajstić information content (AvgIpc) is 2.12. The van der Waals surface area contributed by atoms with Crippen molar-refractivity contribution in [2.45, 2.75) is 57.6 Å². The lowest BCUT2D eigenvalue weighted by Gasteiger charge is -2.39. The molecule has 0 radical (unpaired) electrons. The highest BCUT2D eigenvalue weighted by Crippen LogP contribution is 2.37. The van der Waals surface area contributed by atoms with Gasteiger partial charge in [0, 0.05) is 0 Å². The Balaban J connectivity index is 3.72. The van der Waals surface area contributed by atoms with Crippen molar-refractivity contribution in [1.82, 2.24) is 0 Å². The maximum absolute atomic E-state index is 11.5. The highest BCUT2D eigenvalue weighted by molar-refractivity contribution is 7.85. The maximum Gasteiger partial charge on any atom is 0.294 e. The van der Waals surface area contributed by atoms with Crippen molar-refractivity contribution in [2.24, 2.45) is 0 Å². The molecule has 19 heavy (non-hydrogen) atoms. The van der Waals surface area contributed by atoms with Crippen molar-refractivity contribution in [3.63, 3.8) is 0 Å². The summed E-state index contributed by atoms with van der Waals surface area (Å²) in [6.07, 6.45) is 0. The molecule has 0 spiro atoms. The molecule has 0 saturated heterocycles. The fourth-order valence-electron chi connectivity index (χ4n) is 2.44. The van der Waals surface area contributed by atoms with Gasteiger partial charge in [-0.05, 0) is 30.5 Å². The van der Waals surface area contributed by atoms with Crippen molar-refractivity contribution in [3.8, 4) is 0 Å². The molecule has 5 heteroatoms. The molecule has 0 amide bonds. The molecule has 0 aliphatic carbocycles. The molecule has 1 rings (SSSR count). The van der Waals surface area contributed by atoms with Crippen LogP contribution in [0.4, 0.5) is 0 Å². The minimum absolute atomic E-state index is 0.0397. The monoisotopic (exact) mass is 300 g/mol. The molecular weight excluding hydrogens is 276 g/mol. The topological polar surface area (TPSA) is 54.4 Å². The van der Waals surface area contributed by atoms with Crippen LogP contribution in [-0.4, -0.2) is 21.0 Å². The van der Waals surface area contributed by atoms with Gasteiger partial charge in [-0.15, -0.1) is 0 Å². The van der Waals surface area contributed by atoms with E-state index in [1.807, 2.05) is 6.92 Å². The summed E-state index contributed by atoms with van der Waals surface area (Å²) in [5.41, 5.74) is 1.81. The van der Waals surface area contributed by atoms with Crippen LogP contribution in [0.3, 0.4) is 0 Å². The first-order valence-electron chi connectivity index (χ1n) is 6.38. The van der Waals surface area contributed by atoms with Gasteiger partial charge in [0.2, 0.25) is 0 Å². The van der Waals surface area contributed by atoms with Crippen molar-refractivity contribution < 1.29 is 13.0 Å². The molecule has 108 valence electrons. The minimum Gasteiger partial charge on any atom is -0.282 e. The highest BCUT2D eigenvalue weighted by Gasteiger charge is 2.39. The molecule has 1 aromatic rings. The predicted octanol–water partition coefficient (Wildman–Crippen LogP) is 3.27. The summed E-state index contributed by atoms with van der Waals surface area (Å²) in [7, 11) is -6.01. The van der Waals surface area contributed by atoms with Crippen molar-refractivity contribution in [2.75, 3.05) is 0 Å². The first kappa shape index (κ1) is 16.4. The molecule has 1 aromatic carbocycles. The average molecular weight is 300 g/mol. The Hall–Kier alpha value is -0.653. The van der Waals surface area contributed by atoms with Crippen molar-refractivity contribution in [1.29, 1.82) is 0 Å². The van der Waals surface area contributed by atoms with Gasteiger partial charge in [-0.2, -0.15) is 8.42 Å². The van der Waals surface area contributed by atoms with Crippen LogP contribution in [0.5, 0.6) is 0 Å². The second-order valence-corrected chi connectivity index (χ2v) is 13.4. The summed E-state index contributed by atoms with van der Waals surface area (Å²) in [6.45, 7) is 14.9. The molecule has 3 nitrogen and oxygen atoms in total. The fourth-order valence-corrected chi connectivity index (χ4v) is 6.16. The van der Waals surface area contributed by atoms with Gasteiger partial charge in [-0.25, -0.2) is 0 Å². The van der Waals surface area contributed by atoms with E-state index < -0.39 is 18.2 Å². The van der Waals surface area contributed by atoms with Crippen LogP contribution in [0.15, 0.2) is 17.0 Å². The van der Waals surface area contributed by atoms with Crippen LogP contribution in [0, 0.1) is 13.8 Å². The first-order chi connectivity index (χ1) is 8.30. The summed E-state index contributed by atoms with van der Waals surface area (Å²) in [6, 6.07) is 3.29. The summed E-state index contributed by atoms with van der Waals surface area (Å²) in [4.78, 5) is 0.0397. The Morgan fingerprint density at radius 1 is 1.11 bits per heavy atom. The van der Waals surface area contributed by atoms with Crippen LogP contribution < -0.4 is 5.19 Å². The zero-order chi connectivity index (χ0) is 15.2. The number of aryl methyl sites for hydroxylation is 1. The number of hydrogen-bond acceptors (Lipinski definition) is 2. The third-order valence-electron chi connectivity index (χ3n) is 4.40. The van der Waals surface area contributed by atoms with Crippen molar-refractivity contribution in [3.05, 3.63) is 23.3 Å². The van der Waals surface area contributed by atoms with E-state index in [-0.39, 0.29) is 9.93 Å². The van der Waals surface area contributed by atoms with Gasteiger partial charge in [0.15, 0.2) is 0 Å². The quantitative estimate of drug-likeness (QED) is 0.673. The van der Waals surface area contributed by atoms with Crippen LogP contribution >= 0.6 is 0 Å². The van der Waals surface area contributed by atoms with Gasteiger partial charge < -0.3 is 0 Å². The summed E-state index contributed by atoms with van der Waals surface area (Å²) in [5.74, 6) is 0. The van der Waals surface area contributed by atoms with Crippen LogP contribution in [0.25, 0.3) is 0 Å². The molecule has 0 fully saturated rings. The van der Waals surface area contributed by atoms with Crippen LogP contribution in [-0.2, 0) is 10.1 Å². The zero-order valence-corrected chi connectivity index (χ0v) is 14.6. The van der Waals surface area contributed by atoms with Gasteiger partial charge in [-0.3, -0.25) is 4.55 Å². The zero-order valence-electron chi connectivity index (χ0n) is 12.8. The van der Waals surface area contributed by atoms with Crippen molar-refractivity contribution >= 4 is 23.4 Å². The van der Waals surface area contributed by atoms with E-state index >= 15 is 0 Å². The van der Waals surface area contributed by atoms with E-state index in [2.05, 4.69) is 33.9 Å². The first-order valence-corrected chi connectivity index (χ1v) is 10.8. The van der Waals surface area contributed by atoms with Crippen LogP contribution in [0.2, 0.25) is 18.1 Å². The Kier molecular flexibility index (Phi) is 4.07. The molecule has 0 atom stereocenters. The van der Waals surface area contributed by atoms with E-state index in [4.69, 9.17) is 0 Å². The van der Waals surface area contributed by atoms with Gasteiger partial charge in [-0.1, -0.05) is 50.7 Å². The largest absolute Gasteiger partial charge is 0.294 e. The smallest absolute Gasteiger partial charge is 0.282 e. The summed E-state index contributed by atoms with van der Waals surface area (Å²) < 4.78 is 32.3. The lowest BCUT2D eigenvalue weighted by molar-refractivity contribution is 0.482. The standard InChI is InChI=1S/C14H24O3SSi/c1-10-8-9-12(18(15,16)17)11(2)13(10)19(6,7)14(3,4)5/h8-9H,1-7H3,(H,15,16,17). The molecular formula is C14H24O3SSi. The van der Waals surface area contributed by atoms with E-state index in [9.17, 15) is 13.0 Å². The molecule has 1 N–H and O–H groups in total. The van der Waals surface area contributed by atoms with Gasteiger partial charge in [0.25, 0.3) is 10.1 Å². The minimum atomic E-state index is -4.16. The second kappa shape index (κ2) is 4.72. The highest BCUT2D eigenvalue weighted by atomic mass is 32.2. The normalized spacial score (nSPS) is 13.7. The van der Waals surface area contributed by atoms with Crippen LogP contribution in [0.1, 0.15) is 31.9 Å². The predicted molar refractivity (Wildman–Crippen MR) is 82.6 cm³/mol. The molecule has 0 aliphatic rings. The SMILES string of the molecule is Cc1ccc(S(=O)(=O)O)c(C)c1[Si](C)(C)C(C)(C)C. The Labute approximate surface area is 117 Å². The maximum atomic E-state index is 11.5. The molecule has 0 aromatic heterocycles. The number of benzene rings is 1. The Bertz CT molecular complexity index is 596. The number of rotatable bonds is 2. The third kappa shape index (κ3) is 2.93. The van der Waals surface area contributed by atoms with Gasteiger partial charge in [0.05, 0.1) is 13.0 Å². The summed E-state index contributed by atoms with van der Waals surface area (Å²) >= 11 is 0. The Morgan fingerprint density at radius 3 is 1.95 bits per heavy atom. The summed E-state index contributed by atoms with van der Waals surface area (Å²) in [5, 5.41) is 1.25. The molecule has 0 heterocycles. The fraction of sp³-hybridized carbons (Fsp3) is 0.571. The van der Waals surface area contributed by atoms with Gasteiger partial charge in [0.1, 0.15) is 0 Å². The second-order valence-electron chi connectivity index (χ2n) is 6.73. The third-order valence-corrected chi connectivity index (χ3v) is 11.2. The molecule has 0 unspecified atom stereocenters.